The first-order valence-corrected chi connectivity index (χ1v) is 15.1. The zero-order valence-electron chi connectivity index (χ0n) is 21.6. The Bertz CT molecular complexity index is 1500. The van der Waals surface area contributed by atoms with Gasteiger partial charge in [0.1, 0.15) is 16.5 Å². The maximum Gasteiger partial charge on any atom is 0.324 e. The molecular formula is C26H31N5O4S2. The number of aryl methyl sites for hydroxylation is 1. The van der Waals surface area contributed by atoms with Crippen molar-refractivity contribution >= 4 is 37.5 Å². The third-order valence-electron chi connectivity index (χ3n) is 6.82. The van der Waals surface area contributed by atoms with Gasteiger partial charge in [0, 0.05) is 30.8 Å². The molecule has 1 saturated heterocycles. The summed E-state index contributed by atoms with van der Waals surface area (Å²) >= 11 is 1.43. The minimum atomic E-state index is -3.24. The Labute approximate surface area is 220 Å². The molecule has 37 heavy (non-hydrogen) atoms. The Morgan fingerprint density at radius 3 is 2.41 bits per heavy atom. The SMILES string of the molecule is Cc1cc2nc(OC(C)C3CCN(c4nc(C(C)C)no4)CC3)sc2nc1-c1ccc(S(C)(=O)=O)cc1. The number of hydrogen-bond acceptors (Lipinski definition) is 10. The zero-order valence-corrected chi connectivity index (χ0v) is 23.3. The van der Waals surface area contributed by atoms with E-state index in [1.54, 1.807) is 24.3 Å². The zero-order chi connectivity index (χ0) is 26.3. The predicted octanol–water partition coefficient (Wildman–Crippen LogP) is 5.26. The molecule has 0 spiro atoms. The quantitative estimate of drug-likeness (QED) is 0.309. The number of aromatic nitrogens is 4. The van der Waals surface area contributed by atoms with Gasteiger partial charge in [0.2, 0.25) is 0 Å². The van der Waals surface area contributed by atoms with Gasteiger partial charge in [0.15, 0.2) is 15.7 Å². The van der Waals surface area contributed by atoms with Gasteiger partial charge in [-0.2, -0.15) is 4.98 Å². The lowest BCUT2D eigenvalue weighted by molar-refractivity contribution is 0.131. The van der Waals surface area contributed by atoms with Crippen molar-refractivity contribution in [2.24, 2.45) is 5.92 Å². The topological polar surface area (TPSA) is 111 Å². The largest absolute Gasteiger partial charge is 0.467 e. The van der Waals surface area contributed by atoms with Gasteiger partial charge in [0.05, 0.1) is 10.6 Å². The number of benzene rings is 1. The van der Waals surface area contributed by atoms with E-state index in [0.717, 1.165) is 58.9 Å². The van der Waals surface area contributed by atoms with Crippen LogP contribution in [0, 0.1) is 12.8 Å². The van der Waals surface area contributed by atoms with Crippen molar-refractivity contribution in [2.45, 2.75) is 57.5 Å². The van der Waals surface area contributed by atoms with E-state index in [1.807, 2.05) is 13.0 Å². The molecular weight excluding hydrogens is 510 g/mol. The van der Waals surface area contributed by atoms with Gasteiger partial charge in [-0.25, -0.2) is 18.4 Å². The van der Waals surface area contributed by atoms with E-state index in [2.05, 4.69) is 40.8 Å². The maximum absolute atomic E-state index is 11.8. The molecule has 196 valence electrons. The number of hydrogen-bond donors (Lipinski definition) is 0. The molecule has 0 aliphatic carbocycles. The van der Waals surface area contributed by atoms with Crippen molar-refractivity contribution in [1.82, 2.24) is 20.1 Å². The molecule has 4 aromatic rings. The third kappa shape index (κ3) is 5.47. The molecule has 0 N–H and O–H groups in total. The van der Waals surface area contributed by atoms with E-state index in [9.17, 15) is 8.42 Å². The van der Waals surface area contributed by atoms with Crippen LogP contribution < -0.4 is 9.64 Å². The van der Waals surface area contributed by atoms with Crippen LogP contribution in [0.25, 0.3) is 21.6 Å². The smallest absolute Gasteiger partial charge is 0.324 e. The van der Waals surface area contributed by atoms with Crippen molar-refractivity contribution in [3.63, 3.8) is 0 Å². The summed E-state index contributed by atoms with van der Waals surface area (Å²) in [5.74, 6) is 1.38. The number of piperidine rings is 1. The van der Waals surface area contributed by atoms with Gasteiger partial charge in [-0.15, -0.1) is 0 Å². The van der Waals surface area contributed by atoms with Crippen LogP contribution in [0.2, 0.25) is 0 Å². The highest BCUT2D eigenvalue weighted by molar-refractivity contribution is 7.90. The highest BCUT2D eigenvalue weighted by atomic mass is 32.2. The third-order valence-corrected chi connectivity index (χ3v) is 8.80. The summed E-state index contributed by atoms with van der Waals surface area (Å²) in [6.07, 6.45) is 3.16. The summed E-state index contributed by atoms with van der Waals surface area (Å²) in [6.45, 7) is 9.88. The Balaban J connectivity index is 1.26. The molecule has 9 nitrogen and oxygen atoms in total. The summed E-state index contributed by atoms with van der Waals surface area (Å²) in [7, 11) is -3.24. The fourth-order valence-electron chi connectivity index (χ4n) is 4.55. The van der Waals surface area contributed by atoms with E-state index in [1.165, 1.54) is 17.6 Å². The molecule has 0 bridgehead atoms. The maximum atomic E-state index is 11.8. The van der Waals surface area contributed by atoms with Gasteiger partial charge >= 0.3 is 6.01 Å². The number of pyridine rings is 1. The fraction of sp³-hybridized carbons (Fsp3) is 0.462. The Kier molecular flexibility index (Phi) is 6.93. The van der Waals surface area contributed by atoms with Crippen molar-refractivity contribution in [1.29, 1.82) is 0 Å². The number of rotatable bonds is 7. The van der Waals surface area contributed by atoms with Gasteiger partial charge in [0.25, 0.3) is 5.19 Å². The van der Waals surface area contributed by atoms with Crippen molar-refractivity contribution in [3.05, 3.63) is 41.7 Å². The second-order valence-corrected chi connectivity index (χ2v) is 12.9. The number of anilines is 1. The summed E-state index contributed by atoms with van der Waals surface area (Å²) < 4.78 is 35.3. The summed E-state index contributed by atoms with van der Waals surface area (Å²) in [4.78, 5) is 17.3. The fourth-order valence-corrected chi connectivity index (χ4v) is 6.03. The normalized spacial score (nSPS) is 16.0. The van der Waals surface area contributed by atoms with Crippen LogP contribution in [0.4, 0.5) is 6.01 Å². The van der Waals surface area contributed by atoms with Crippen molar-refractivity contribution < 1.29 is 17.7 Å². The Morgan fingerprint density at radius 2 is 1.78 bits per heavy atom. The Hall–Kier alpha value is -3.05. The lowest BCUT2D eigenvalue weighted by Crippen LogP contribution is -2.38. The molecule has 11 heteroatoms. The van der Waals surface area contributed by atoms with E-state index >= 15 is 0 Å². The number of thiazole rings is 1. The van der Waals surface area contributed by atoms with Gasteiger partial charge < -0.3 is 14.2 Å². The molecule has 1 aliphatic rings. The lowest BCUT2D eigenvalue weighted by Gasteiger charge is -2.33. The summed E-state index contributed by atoms with van der Waals surface area (Å²) in [6, 6.07) is 9.43. The number of sulfone groups is 1. The number of nitrogens with zero attached hydrogens (tertiary/aromatic N) is 5. The molecule has 1 aromatic carbocycles. The molecule has 1 atom stereocenters. The first kappa shape index (κ1) is 25.6. The van der Waals surface area contributed by atoms with E-state index < -0.39 is 9.84 Å². The van der Waals surface area contributed by atoms with E-state index in [4.69, 9.17) is 14.2 Å². The van der Waals surface area contributed by atoms with Gasteiger partial charge in [-0.3, -0.25) is 0 Å². The summed E-state index contributed by atoms with van der Waals surface area (Å²) in [5.41, 5.74) is 3.45. The molecule has 4 heterocycles. The van der Waals surface area contributed by atoms with Crippen LogP contribution in [0.15, 0.2) is 39.8 Å². The van der Waals surface area contributed by atoms with Crippen LogP contribution >= 0.6 is 11.3 Å². The van der Waals surface area contributed by atoms with Gasteiger partial charge in [-0.1, -0.05) is 42.5 Å². The molecule has 0 amide bonds. The van der Waals surface area contributed by atoms with Crippen molar-refractivity contribution in [3.8, 4) is 16.5 Å². The van der Waals surface area contributed by atoms with E-state index in [0.29, 0.717) is 22.0 Å². The van der Waals surface area contributed by atoms with Crippen LogP contribution in [0.5, 0.6) is 5.19 Å². The highest BCUT2D eigenvalue weighted by Crippen LogP contribution is 2.34. The average Bonchev–Trinajstić information content (AvgIpc) is 3.50. The lowest BCUT2D eigenvalue weighted by atomic mass is 9.92. The van der Waals surface area contributed by atoms with Crippen LogP contribution in [-0.2, 0) is 9.84 Å². The van der Waals surface area contributed by atoms with Crippen LogP contribution in [0.3, 0.4) is 0 Å². The average molecular weight is 542 g/mol. The minimum Gasteiger partial charge on any atom is -0.467 e. The minimum absolute atomic E-state index is 0.0146. The molecule has 0 radical (unpaired) electrons. The molecule has 0 saturated carbocycles. The van der Waals surface area contributed by atoms with E-state index in [-0.39, 0.29) is 12.0 Å². The van der Waals surface area contributed by atoms with Crippen molar-refractivity contribution in [2.75, 3.05) is 24.2 Å². The van der Waals surface area contributed by atoms with Crippen LogP contribution in [0.1, 0.15) is 50.9 Å². The second-order valence-electron chi connectivity index (χ2n) is 9.99. The number of ether oxygens (including phenoxy) is 1. The number of fused-ring (bicyclic) bond motifs is 1. The predicted molar refractivity (Wildman–Crippen MR) is 144 cm³/mol. The molecule has 1 aliphatic heterocycles. The highest BCUT2D eigenvalue weighted by Gasteiger charge is 2.28. The van der Waals surface area contributed by atoms with Gasteiger partial charge in [-0.05, 0) is 56.4 Å². The first-order chi connectivity index (χ1) is 17.6. The molecule has 5 rings (SSSR count). The Morgan fingerprint density at radius 1 is 1.08 bits per heavy atom. The molecule has 3 aromatic heterocycles. The monoisotopic (exact) mass is 541 g/mol. The first-order valence-electron chi connectivity index (χ1n) is 12.4. The second kappa shape index (κ2) is 10.0. The molecule has 1 fully saturated rings. The standard InChI is InChI=1S/C26H31N5O4S2/c1-15(2)23-29-25(35-30-23)31-12-10-18(11-13-31)17(4)34-26-27-21-14-16(3)22(28-24(21)36-26)19-6-8-20(9-7-19)37(5,32)33/h6-9,14-15,17-18H,10-13H2,1-5H3. The molecule has 1 unspecified atom stereocenters. The summed E-state index contributed by atoms with van der Waals surface area (Å²) in [5, 5.41) is 4.69. The van der Waals surface area contributed by atoms with Crippen LogP contribution in [-0.4, -0.2) is 54.0 Å².